The number of anilines is 1. The average Bonchev–Trinajstić information content (AvgIpc) is 2.84. The zero-order chi connectivity index (χ0) is 22.1. The Hall–Kier alpha value is -3.64. The van der Waals surface area contributed by atoms with Crippen molar-refractivity contribution in [3.8, 4) is 11.1 Å². The summed E-state index contributed by atoms with van der Waals surface area (Å²) < 4.78 is 0. The molecule has 1 fully saturated rings. The van der Waals surface area contributed by atoms with E-state index in [-0.39, 0.29) is 11.5 Å². The van der Waals surface area contributed by atoms with Crippen molar-refractivity contribution in [2.24, 2.45) is 0 Å². The van der Waals surface area contributed by atoms with Crippen molar-refractivity contribution in [3.63, 3.8) is 0 Å². The minimum atomic E-state index is -0.176. The molecule has 4 aromatic rings. The maximum absolute atomic E-state index is 13.0. The van der Waals surface area contributed by atoms with Gasteiger partial charge in [0.1, 0.15) is 5.82 Å². The number of amides is 1. The number of hydrogen-bond donors (Lipinski definition) is 1. The lowest BCUT2D eigenvalue weighted by Crippen LogP contribution is -2.49. The van der Waals surface area contributed by atoms with Crippen LogP contribution in [0.2, 0.25) is 5.02 Å². The molecule has 0 atom stereocenters. The lowest BCUT2D eigenvalue weighted by Gasteiger charge is -2.35. The van der Waals surface area contributed by atoms with Crippen LogP contribution < -0.4 is 10.5 Å². The molecule has 3 heterocycles. The summed E-state index contributed by atoms with van der Waals surface area (Å²) in [7, 11) is 0. The van der Waals surface area contributed by atoms with E-state index in [2.05, 4.69) is 20.9 Å². The predicted molar refractivity (Wildman–Crippen MR) is 127 cm³/mol. The van der Waals surface area contributed by atoms with E-state index in [0.717, 1.165) is 22.3 Å². The van der Waals surface area contributed by atoms with Crippen LogP contribution >= 0.6 is 11.6 Å². The number of hydrogen-bond acceptors (Lipinski definition) is 4. The molecule has 1 amide bonds. The Balaban J connectivity index is 1.25. The third-order valence-electron chi connectivity index (χ3n) is 5.79. The Kier molecular flexibility index (Phi) is 5.37. The van der Waals surface area contributed by atoms with Crippen LogP contribution in [0.15, 0.2) is 77.7 Å². The molecule has 32 heavy (non-hydrogen) atoms. The highest BCUT2D eigenvalue weighted by molar-refractivity contribution is 6.30. The van der Waals surface area contributed by atoms with E-state index in [9.17, 15) is 9.59 Å². The number of nitrogens with zero attached hydrogens (tertiary/aromatic N) is 3. The number of halogens is 1. The van der Waals surface area contributed by atoms with Crippen molar-refractivity contribution in [1.82, 2.24) is 14.9 Å². The highest BCUT2D eigenvalue weighted by atomic mass is 35.5. The molecule has 1 N–H and O–H groups in total. The molecule has 2 aromatic heterocycles. The van der Waals surface area contributed by atoms with Gasteiger partial charge in [-0.05, 0) is 53.4 Å². The summed E-state index contributed by atoms with van der Waals surface area (Å²) in [5, 5.41) is 1.61. The first kappa shape index (κ1) is 20.3. The van der Waals surface area contributed by atoms with Crippen LogP contribution in [0.4, 0.5) is 5.82 Å². The number of piperazine rings is 1. The van der Waals surface area contributed by atoms with Crippen molar-refractivity contribution in [3.05, 3.63) is 93.9 Å². The Labute approximate surface area is 190 Å². The molecule has 1 aliphatic heterocycles. The number of carbonyl (C=O) groups excluding carboxylic acids is 1. The average molecular weight is 445 g/mol. The van der Waals surface area contributed by atoms with Crippen molar-refractivity contribution in [2.75, 3.05) is 31.1 Å². The molecule has 0 bridgehead atoms. The summed E-state index contributed by atoms with van der Waals surface area (Å²) in [5.41, 5.74) is 3.18. The van der Waals surface area contributed by atoms with E-state index in [1.807, 2.05) is 53.6 Å². The fourth-order valence-corrected chi connectivity index (χ4v) is 4.12. The summed E-state index contributed by atoms with van der Waals surface area (Å²) in [6, 6.07) is 20.4. The summed E-state index contributed by atoms with van der Waals surface area (Å²) in [5.74, 6) is 0.875. The quantitative estimate of drug-likeness (QED) is 0.514. The predicted octanol–water partition coefficient (Wildman–Crippen LogP) is 4.21. The second kappa shape index (κ2) is 8.48. The van der Waals surface area contributed by atoms with E-state index in [1.165, 1.54) is 6.07 Å². The minimum absolute atomic E-state index is 0.0257. The Bertz CT molecular complexity index is 1320. The van der Waals surface area contributed by atoms with Gasteiger partial charge in [0.25, 0.3) is 5.91 Å². The second-order valence-electron chi connectivity index (χ2n) is 7.82. The first-order valence-corrected chi connectivity index (χ1v) is 10.8. The van der Waals surface area contributed by atoms with E-state index < -0.39 is 0 Å². The first-order valence-electron chi connectivity index (χ1n) is 10.5. The largest absolute Gasteiger partial charge is 0.353 e. The van der Waals surface area contributed by atoms with Gasteiger partial charge in [0.2, 0.25) is 5.56 Å². The SMILES string of the molecule is O=C(c1ccc2ccc(=O)[nH]c2c1)N1CCN(c2ccc(-c3ccc(Cl)cc3)cn2)CC1. The lowest BCUT2D eigenvalue weighted by atomic mass is 10.1. The Morgan fingerprint density at radius 1 is 0.875 bits per heavy atom. The zero-order valence-corrected chi connectivity index (χ0v) is 18.0. The summed E-state index contributed by atoms with van der Waals surface area (Å²) >= 11 is 5.97. The summed E-state index contributed by atoms with van der Waals surface area (Å²) in [6.07, 6.45) is 1.87. The van der Waals surface area contributed by atoms with Crippen LogP contribution in [-0.2, 0) is 0 Å². The standard InChI is InChI=1S/C25H21ClN4O2/c26-21-7-3-17(4-8-21)20-5-9-23(27-16-20)29-11-13-30(14-12-29)25(32)19-2-1-18-6-10-24(31)28-22(18)15-19/h1-10,15-16H,11-14H2,(H,28,31). The van der Waals surface area contributed by atoms with Crippen molar-refractivity contribution < 1.29 is 4.79 Å². The molecule has 0 aliphatic carbocycles. The molecule has 5 rings (SSSR count). The highest BCUT2D eigenvalue weighted by Gasteiger charge is 2.23. The van der Waals surface area contributed by atoms with Gasteiger partial charge < -0.3 is 14.8 Å². The van der Waals surface area contributed by atoms with Crippen molar-refractivity contribution in [2.45, 2.75) is 0 Å². The topological polar surface area (TPSA) is 69.3 Å². The summed E-state index contributed by atoms with van der Waals surface area (Å²) in [4.78, 5) is 36.0. The minimum Gasteiger partial charge on any atom is -0.353 e. The van der Waals surface area contributed by atoms with Crippen LogP contribution in [0, 0.1) is 0 Å². The normalized spacial score (nSPS) is 14.0. The van der Waals surface area contributed by atoms with E-state index in [4.69, 9.17) is 11.6 Å². The Morgan fingerprint density at radius 3 is 2.31 bits per heavy atom. The second-order valence-corrected chi connectivity index (χ2v) is 8.25. The van der Waals surface area contributed by atoms with Crippen LogP contribution in [0.5, 0.6) is 0 Å². The number of nitrogens with one attached hydrogen (secondary N) is 1. The zero-order valence-electron chi connectivity index (χ0n) is 17.3. The van der Waals surface area contributed by atoms with Gasteiger partial charge in [-0.1, -0.05) is 29.8 Å². The lowest BCUT2D eigenvalue weighted by molar-refractivity contribution is 0.0746. The number of rotatable bonds is 3. The monoisotopic (exact) mass is 444 g/mol. The smallest absolute Gasteiger partial charge is 0.254 e. The number of aromatic nitrogens is 2. The first-order chi connectivity index (χ1) is 15.6. The molecule has 1 saturated heterocycles. The fourth-order valence-electron chi connectivity index (χ4n) is 3.99. The molecule has 0 radical (unpaired) electrons. The van der Waals surface area contributed by atoms with Gasteiger partial charge in [0, 0.05) is 60.1 Å². The van der Waals surface area contributed by atoms with Gasteiger partial charge >= 0.3 is 0 Å². The molecule has 6 nitrogen and oxygen atoms in total. The molecule has 0 unspecified atom stereocenters. The van der Waals surface area contributed by atoms with Gasteiger partial charge in [-0.25, -0.2) is 4.98 Å². The number of benzene rings is 2. The number of pyridine rings is 2. The van der Waals surface area contributed by atoms with Gasteiger partial charge in [0.05, 0.1) is 0 Å². The van der Waals surface area contributed by atoms with Crippen molar-refractivity contribution >= 4 is 34.2 Å². The fraction of sp³-hybridized carbons (Fsp3) is 0.160. The van der Waals surface area contributed by atoms with Crippen molar-refractivity contribution in [1.29, 1.82) is 0 Å². The molecular weight excluding hydrogens is 424 g/mol. The van der Waals surface area contributed by atoms with Crippen LogP contribution in [-0.4, -0.2) is 47.0 Å². The third-order valence-corrected chi connectivity index (χ3v) is 6.04. The molecule has 1 aliphatic rings. The maximum Gasteiger partial charge on any atom is 0.254 e. The van der Waals surface area contributed by atoms with Crippen LogP contribution in [0.1, 0.15) is 10.4 Å². The molecule has 0 spiro atoms. The summed E-state index contributed by atoms with van der Waals surface area (Å²) in [6.45, 7) is 2.65. The molecule has 2 aromatic carbocycles. The molecular formula is C25H21ClN4O2. The van der Waals surface area contributed by atoms with Gasteiger partial charge in [-0.2, -0.15) is 0 Å². The van der Waals surface area contributed by atoms with Crippen LogP contribution in [0.25, 0.3) is 22.0 Å². The molecule has 0 saturated carbocycles. The van der Waals surface area contributed by atoms with E-state index >= 15 is 0 Å². The van der Waals surface area contributed by atoms with Gasteiger partial charge in [-0.3, -0.25) is 9.59 Å². The number of fused-ring (bicyclic) bond motifs is 1. The third kappa shape index (κ3) is 4.09. The Morgan fingerprint density at radius 2 is 1.59 bits per heavy atom. The number of carbonyl (C=O) groups is 1. The van der Waals surface area contributed by atoms with Gasteiger partial charge in [0.15, 0.2) is 0 Å². The van der Waals surface area contributed by atoms with E-state index in [0.29, 0.717) is 42.3 Å². The molecule has 7 heteroatoms. The molecule has 160 valence electrons. The number of H-pyrrole nitrogens is 1. The highest BCUT2D eigenvalue weighted by Crippen LogP contribution is 2.23. The van der Waals surface area contributed by atoms with E-state index in [1.54, 1.807) is 12.1 Å². The van der Waals surface area contributed by atoms with Gasteiger partial charge in [-0.15, -0.1) is 0 Å². The maximum atomic E-state index is 13.0. The number of aromatic amines is 1. The van der Waals surface area contributed by atoms with Crippen LogP contribution in [0.3, 0.4) is 0 Å².